The Labute approximate surface area is 80.6 Å². The van der Waals surface area contributed by atoms with Crippen LogP contribution < -0.4 is 5.32 Å². The second-order valence-electron chi connectivity index (χ2n) is 2.78. The van der Waals surface area contributed by atoms with E-state index in [1.54, 1.807) is 0 Å². The maximum atomic E-state index is 10.9. The summed E-state index contributed by atoms with van der Waals surface area (Å²) in [6, 6.07) is 0. The van der Waals surface area contributed by atoms with E-state index >= 15 is 0 Å². The number of aliphatic hydroxyl groups excluding tert-OH is 1. The Bertz CT molecular complexity index is 296. The first-order valence-corrected chi connectivity index (χ1v) is 4.84. The lowest BCUT2D eigenvalue weighted by Crippen LogP contribution is -2.31. The van der Waals surface area contributed by atoms with Crippen molar-refractivity contribution in [3.05, 3.63) is 16.1 Å². The van der Waals surface area contributed by atoms with Gasteiger partial charge in [-0.05, 0) is 13.8 Å². The third-order valence-corrected chi connectivity index (χ3v) is 2.43. The molecule has 0 aliphatic rings. The zero-order valence-corrected chi connectivity index (χ0v) is 8.39. The van der Waals surface area contributed by atoms with Crippen LogP contribution in [-0.4, -0.2) is 22.1 Å². The molecule has 0 aromatic carbocycles. The second kappa shape index (κ2) is 4.34. The maximum Gasteiger partial charge on any atom is 0.248 e. The van der Waals surface area contributed by atoms with Crippen LogP contribution in [0.1, 0.15) is 17.6 Å². The fourth-order valence-corrected chi connectivity index (χ4v) is 1.51. The van der Waals surface area contributed by atoms with Crippen LogP contribution in [0.2, 0.25) is 0 Å². The van der Waals surface area contributed by atoms with E-state index in [0.29, 0.717) is 6.54 Å². The summed E-state index contributed by atoms with van der Waals surface area (Å²) in [5, 5.41) is 14.2. The largest absolute Gasteiger partial charge is 0.384 e. The molecule has 0 bridgehead atoms. The number of nitrogens with one attached hydrogen (secondary N) is 1. The number of hydrogen-bond acceptors (Lipinski definition) is 4. The molecule has 1 aromatic rings. The summed E-state index contributed by atoms with van der Waals surface area (Å²) in [6.45, 7) is 3.72. The maximum absolute atomic E-state index is 10.9. The van der Waals surface area contributed by atoms with E-state index in [0.717, 1.165) is 10.7 Å². The number of aliphatic hydroxyl groups is 1. The number of rotatable bonds is 3. The smallest absolute Gasteiger partial charge is 0.248 e. The van der Waals surface area contributed by atoms with Crippen molar-refractivity contribution in [1.82, 2.24) is 10.3 Å². The summed E-state index contributed by atoms with van der Waals surface area (Å²) < 4.78 is 0. The summed E-state index contributed by atoms with van der Waals surface area (Å²) in [4.78, 5) is 15.1. The molecule has 0 aliphatic carbocycles. The van der Waals surface area contributed by atoms with E-state index < -0.39 is 6.10 Å². The fourth-order valence-electron chi connectivity index (χ4n) is 0.794. The third kappa shape index (κ3) is 3.12. The number of carbonyl (C=O) groups excluding carboxylic acids is 1. The normalized spacial score (nSPS) is 12.5. The first-order valence-electron chi connectivity index (χ1n) is 3.96. The van der Waals surface area contributed by atoms with Crippen LogP contribution in [0, 0.1) is 6.92 Å². The highest BCUT2D eigenvalue weighted by Gasteiger charge is 2.08. The predicted molar refractivity (Wildman–Crippen MR) is 50.4 cm³/mol. The first kappa shape index (κ1) is 10.1. The lowest BCUT2D eigenvalue weighted by molar-refractivity contribution is -0.128. The van der Waals surface area contributed by atoms with Crippen LogP contribution >= 0.6 is 11.3 Å². The van der Waals surface area contributed by atoms with Crippen molar-refractivity contribution in [2.45, 2.75) is 26.5 Å². The van der Waals surface area contributed by atoms with Gasteiger partial charge in [0.05, 0.1) is 6.54 Å². The Kier molecular flexibility index (Phi) is 3.39. The summed E-state index contributed by atoms with van der Waals surface area (Å²) in [6.07, 6.45) is -0.957. The van der Waals surface area contributed by atoms with Gasteiger partial charge in [-0.25, -0.2) is 4.98 Å². The number of thiazole rings is 1. The molecule has 2 N–H and O–H groups in total. The number of carbonyl (C=O) groups is 1. The first-order chi connectivity index (χ1) is 6.09. The van der Waals surface area contributed by atoms with Crippen LogP contribution in [0.5, 0.6) is 0 Å². The number of amides is 1. The van der Waals surface area contributed by atoms with Crippen molar-refractivity contribution in [2.75, 3.05) is 0 Å². The SMILES string of the molecule is Cc1csc(CNC(=O)[C@H](C)O)n1. The standard InChI is InChI=1S/C8H12N2O2S/c1-5-4-13-7(10-5)3-9-8(12)6(2)11/h4,6,11H,3H2,1-2H3,(H,9,12)/t6-/m0/s1. The quantitative estimate of drug-likeness (QED) is 0.744. The third-order valence-electron chi connectivity index (χ3n) is 1.46. The van der Waals surface area contributed by atoms with Crippen LogP contribution in [-0.2, 0) is 11.3 Å². The fraction of sp³-hybridized carbons (Fsp3) is 0.500. The minimum atomic E-state index is -0.957. The topological polar surface area (TPSA) is 62.2 Å². The lowest BCUT2D eigenvalue weighted by Gasteiger charge is -2.04. The van der Waals surface area contributed by atoms with Gasteiger partial charge in [-0.3, -0.25) is 4.79 Å². The van der Waals surface area contributed by atoms with Gasteiger partial charge in [-0.1, -0.05) is 0 Å². The zero-order chi connectivity index (χ0) is 9.84. The van der Waals surface area contributed by atoms with Gasteiger partial charge in [-0.15, -0.1) is 11.3 Å². The molecule has 0 fully saturated rings. The molecule has 5 heteroatoms. The summed E-state index contributed by atoms with van der Waals surface area (Å²) >= 11 is 1.50. The van der Waals surface area contributed by atoms with Gasteiger partial charge < -0.3 is 10.4 Å². The van der Waals surface area contributed by atoms with Crippen LogP contribution in [0.4, 0.5) is 0 Å². The van der Waals surface area contributed by atoms with Gasteiger partial charge in [0.25, 0.3) is 0 Å². The number of nitrogens with zero attached hydrogens (tertiary/aromatic N) is 1. The molecular weight excluding hydrogens is 188 g/mol. The molecule has 0 saturated carbocycles. The molecule has 72 valence electrons. The molecule has 1 amide bonds. The predicted octanol–water partition coefficient (Wildman–Crippen LogP) is 0.449. The van der Waals surface area contributed by atoms with E-state index in [2.05, 4.69) is 10.3 Å². The van der Waals surface area contributed by atoms with Gasteiger partial charge in [0.15, 0.2) is 0 Å². The van der Waals surface area contributed by atoms with Gasteiger partial charge in [0, 0.05) is 11.1 Å². The monoisotopic (exact) mass is 200 g/mol. The van der Waals surface area contributed by atoms with Crippen LogP contribution in [0.25, 0.3) is 0 Å². The molecule has 0 radical (unpaired) electrons. The Balaban J connectivity index is 2.39. The second-order valence-corrected chi connectivity index (χ2v) is 3.72. The molecule has 13 heavy (non-hydrogen) atoms. The molecule has 1 atom stereocenters. The molecule has 0 aliphatic heterocycles. The molecule has 0 saturated heterocycles. The molecule has 0 spiro atoms. The summed E-state index contributed by atoms with van der Waals surface area (Å²) in [5.74, 6) is -0.368. The Hall–Kier alpha value is -0.940. The highest BCUT2D eigenvalue weighted by atomic mass is 32.1. The van der Waals surface area contributed by atoms with E-state index in [4.69, 9.17) is 5.11 Å². The van der Waals surface area contributed by atoms with E-state index in [1.165, 1.54) is 18.3 Å². The van der Waals surface area contributed by atoms with Crippen molar-refractivity contribution < 1.29 is 9.90 Å². The van der Waals surface area contributed by atoms with Gasteiger partial charge in [0.1, 0.15) is 11.1 Å². The molecule has 1 heterocycles. The number of aryl methyl sites for hydroxylation is 1. The Morgan fingerprint density at radius 1 is 1.85 bits per heavy atom. The molecule has 1 aromatic heterocycles. The van der Waals surface area contributed by atoms with Crippen molar-refractivity contribution in [3.8, 4) is 0 Å². The highest BCUT2D eigenvalue weighted by Crippen LogP contribution is 2.07. The minimum absolute atomic E-state index is 0.368. The summed E-state index contributed by atoms with van der Waals surface area (Å²) in [5.41, 5.74) is 0.950. The molecule has 1 rings (SSSR count). The number of hydrogen-bond donors (Lipinski definition) is 2. The van der Waals surface area contributed by atoms with Crippen molar-refractivity contribution in [1.29, 1.82) is 0 Å². The van der Waals surface area contributed by atoms with Gasteiger partial charge >= 0.3 is 0 Å². The Morgan fingerprint density at radius 2 is 2.54 bits per heavy atom. The molecule has 0 unspecified atom stereocenters. The zero-order valence-electron chi connectivity index (χ0n) is 7.57. The molecule has 4 nitrogen and oxygen atoms in total. The van der Waals surface area contributed by atoms with Crippen LogP contribution in [0.3, 0.4) is 0 Å². The lowest BCUT2D eigenvalue weighted by atomic mass is 10.4. The van der Waals surface area contributed by atoms with E-state index in [1.807, 2.05) is 12.3 Å². The van der Waals surface area contributed by atoms with Crippen LogP contribution in [0.15, 0.2) is 5.38 Å². The van der Waals surface area contributed by atoms with Crippen molar-refractivity contribution >= 4 is 17.2 Å². The minimum Gasteiger partial charge on any atom is -0.384 e. The molecular formula is C8H12N2O2S. The van der Waals surface area contributed by atoms with E-state index in [-0.39, 0.29) is 5.91 Å². The van der Waals surface area contributed by atoms with Gasteiger partial charge in [0.2, 0.25) is 5.91 Å². The van der Waals surface area contributed by atoms with Gasteiger partial charge in [-0.2, -0.15) is 0 Å². The average molecular weight is 200 g/mol. The highest BCUT2D eigenvalue weighted by molar-refractivity contribution is 7.09. The van der Waals surface area contributed by atoms with Crippen molar-refractivity contribution in [3.63, 3.8) is 0 Å². The Morgan fingerprint density at radius 3 is 3.00 bits per heavy atom. The van der Waals surface area contributed by atoms with Crippen molar-refractivity contribution in [2.24, 2.45) is 0 Å². The van der Waals surface area contributed by atoms with E-state index in [9.17, 15) is 4.79 Å². The number of aromatic nitrogens is 1. The average Bonchev–Trinajstić information content (AvgIpc) is 2.47. The summed E-state index contributed by atoms with van der Waals surface area (Å²) in [7, 11) is 0.